The molecule has 0 heterocycles. The van der Waals surface area contributed by atoms with Crippen LogP contribution in [-0.4, -0.2) is 34.9 Å². The van der Waals surface area contributed by atoms with E-state index in [4.69, 9.17) is 0 Å². The fourth-order valence-electron chi connectivity index (χ4n) is 11.1. The Morgan fingerprint density at radius 1 is 0.329 bits per heavy atom. The van der Waals surface area contributed by atoms with E-state index in [1.807, 2.05) is 0 Å². The van der Waals surface area contributed by atoms with Gasteiger partial charge in [-0.25, -0.2) is 0 Å². The Hall–Kier alpha value is -1.65. The van der Waals surface area contributed by atoms with Crippen molar-refractivity contribution >= 4 is 5.91 Å². The Bertz CT molecular complexity index is 1210. The largest absolute Gasteiger partial charge is 0.394 e. The van der Waals surface area contributed by atoms with Crippen LogP contribution in [0.1, 0.15) is 386 Å². The first-order valence-electron chi connectivity index (χ1n) is 34.8. The molecule has 0 bridgehead atoms. The highest BCUT2D eigenvalue weighted by atomic mass is 16.3. The molecule has 4 nitrogen and oxygen atoms in total. The van der Waals surface area contributed by atoms with E-state index in [1.54, 1.807) is 0 Å². The van der Waals surface area contributed by atoms with E-state index in [1.165, 1.54) is 308 Å². The lowest BCUT2D eigenvalue weighted by Gasteiger charge is -2.22. The van der Waals surface area contributed by atoms with Crippen molar-refractivity contribution in [2.24, 2.45) is 0 Å². The summed E-state index contributed by atoms with van der Waals surface area (Å²) in [5.74, 6) is -0.0237. The van der Waals surface area contributed by atoms with Gasteiger partial charge in [-0.15, -0.1) is 0 Å². The fraction of sp³-hybridized carbons (Fsp3) is 0.875. The van der Waals surface area contributed by atoms with Crippen LogP contribution in [0.15, 0.2) is 48.6 Å². The van der Waals surface area contributed by atoms with E-state index in [9.17, 15) is 15.0 Å². The molecule has 0 saturated heterocycles. The van der Waals surface area contributed by atoms with Gasteiger partial charge in [0.15, 0.2) is 0 Å². The number of unbranched alkanes of at least 4 members (excludes halogenated alkanes) is 50. The zero-order valence-corrected chi connectivity index (χ0v) is 51.8. The number of aliphatic hydroxyl groups excluding tert-OH is 2. The maximum Gasteiger partial charge on any atom is 0.220 e. The van der Waals surface area contributed by atoms with Gasteiger partial charge in [-0.05, 0) is 51.4 Å². The number of carbonyl (C=O) groups excluding carboxylic acids is 1. The smallest absolute Gasteiger partial charge is 0.220 e. The molecule has 0 radical (unpaired) electrons. The van der Waals surface area contributed by atoms with Crippen LogP contribution in [0.5, 0.6) is 0 Å². The summed E-state index contributed by atoms with van der Waals surface area (Å²) in [6.45, 7) is 4.29. The van der Waals surface area contributed by atoms with Gasteiger partial charge in [0.1, 0.15) is 0 Å². The molecule has 1 amide bonds. The van der Waals surface area contributed by atoms with Crippen molar-refractivity contribution in [2.45, 2.75) is 398 Å². The first-order valence-corrected chi connectivity index (χ1v) is 34.8. The number of allylic oxidation sites excluding steroid dienone is 8. The van der Waals surface area contributed by atoms with Gasteiger partial charge >= 0.3 is 0 Å². The number of carbonyl (C=O) groups is 1. The summed E-state index contributed by atoms with van der Waals surface area (Å²) < 4.78 is 0. The molecule has 0 spiro atoms. The lowest BCUT2D eigenvalue weighted by molar-refractivity contribution is -0.123. The second-order valence-electron chi connectivity index (χ2n) is 23.9. The van der Waals surface area contributed by atoms with E-state index >= 15 is 0 Å². The number of hydrogen-bond acceptors (Lipinski definition) is 3. The highest BCUT2D eigenvalue weighted by Gasteiger charge is 2.20. The van der Waals surface area contributed by atoms with Crippen LogP contribution in [0.4, 0.5) is 0 Å². The zero-order valence-electron chi connectivity index (χ0n) is 51.8. The van der Waals surface area contributed by atoms with Crippen molar-refractivity contribution in [1.29, 1.82) is 0 Å². The quantitative estimate of drug-likeness (QED) is 0.0420. The summed E-state index contributed by atoms with van der Waals surface area (Å²) in [4.78, 5) is 12.6. The SMILES string of the molecule is CC/C=C\C/C=C\C/C=C\C/C=C\CCCCCCCCCCCCCCCCCCCCCCC(=O)NC(CO)C(O)CCCCCCCCCCCCCCCCCCCCCCCCCCCCCCCCC. The van der Waals surface area contributed by atoms with Crippen molar-refractivity contribution in [3.63, 3.8) is 0 Å². The molecule has 0 fully saturated rings. The maximum absolute atomic E-state index is 12.6. The summed E-state index contributed by atoms with van der Waals surface area (Å²) in [6.07, 6.45) is 94.6. The second kappa shape index (κ2) is 67.6. The first kappa shape index (κ1) is 74.3. The molecule has 448 valence electrons. The molecule has 0 aliphatic heterocycles. The van der Waals surface area contributed by atoms with E-state index < -0.39 is 12.1 Å². The molecule has 0 aromatic rings. The van der Waals surface area contributed by atoms with Crippen LogP contribution in [0.25, 0.3) is 0 Å². The lowest BCUT2D eigenvalue weighted by Crippen LogP contribution is -2.45. The summed E-state index contributed by atoms with van der Waals surface area (Å²) in [6, 6.07) is -0.537. The molecule has 3 N–H and O–H groups in total. The molecule has 0 saturated carbocycles. The fourth-order valence-corrected chi connectivity index (χ4v) is 11.1. The predicted molar refractivity (Wildman–Crippen MR) is 341 cm³/mol. The average molecular weight is 1060 g/mol. The Morgan fingerprint density at radius 3 is 0.868 bits per heavy atom. The number of amides is 1. The summed E-state index contributed by atoms with van der Waals surface area (Å²) in [5.41, 5.74) is 0. The number of aliphatic hydroxyl groups is 2. The van der Waals surface area contributed by atoms with Crippen LogP contribution >= 0.6 is 0 Å². The minimum Gasteiger partial charge on any atom is -0.394 e. The lowest BCUT2D eigenvalue weighted by atomic mass is 10.0. The van der Waals surface area contributed by atoms with Crippen molar-refractivity contribution in [3.05, 3.63) is 48.6 Å². The Morgan fingerprint density at radius 2 is 0.579 bits per heavy atom. The first-order chi connectivity index (χ1) is 37.7. The maximum atomic E-state index is 12.6. The van der Waals surface area contributed by atoms with Crippen LogP contribution in [0.3, 0.4) is 0 Å². The molecule has 0 aromatic carbocycles. The monoisotopic (exact) mass is 1060 g/mol. The van der Waals surface area contributed by atoms with Crippen molar-refractivity contribution in [1.82, 2.24) is 5.32 Å². The predicted octanol–water partition coefficient (Wildman–Crippen LogP) is 23.7. The van der Waals surface area contributed by atoms with E-state index in [-0.39, 0.29) is 12.5 Å². The van der Waals surface area contributed by atoms with E-state index in [0.717, 1.165) is 51.4 Å². The normalized spacial score (nSPS) is 12.9. The van der Waals surface area contributed by atoms with Crippen LogP contribution < -0.4 is 5.32 Å². The van der Waals surface area contributed by atoms with Gasteiger partial charge < -0.3 is 15.5 Å². The average Bonchev–Trinajstić information content (AvgIpc) is 3.42. The topological polar surface area (TPSA) is 69.6 Å². The number of rotatable bonds is 65. The Balaban J connectivity index is 3.39. The molecule has 76 heavy (non-hydrogen) atoms. The molecule has 0 aliphatic carbocycles. The summed E-state index contributed by atoms with van der Waals surface area (Å²) >= 11 is 0. The van der Waals surface area contributed by atoms with E-state index in [2.05, 4.69) is 67.8 Å². The van der Waals surface area contributed by atoms with Gasteiger partial charge in [-0.3, -0.25) is 4.79 Å². The van der Waals surface area contributed by atoms with Gasteiger partial charge in [0.2, 0.25) is 5.91 Å². The molecule has 0 aliphatic rings. The second-order valence-corrected chi connectivity index (χ2v) is 23.9. The van der Waals surface area contributed by atoms with Crippen LogP contribution in [-0.2, 0) is 4.79 Å². The number of nitrogens with one attached hydrogen (secondary N) is 1. The molecular formula is C72H137NO3. The van der Waals surface area contributed by atoms with Crippen molar-refractivity contribution in [2.75, 3.05) is 6.61 Å². The number of hydrogen-bond donors (Lipinski definition) is 3. The Kier molecular flexibility index (Phi) is 66.2. The van der Waals surface area contributed by atoms with Gasteiger partial charge in [-0.1, -0.05) is 377 Å². The van der Waals surface area contributed by atoms with Crippen molar-refractivity contribution < 1.29 is 15.0 Å². The summed E-state index contributed by atoms with van der Waals surface area (Å²) in [5, 5.41) is 23.5. The third-order valence-corrected chi connectivity index (χ3v) is 16.4. The van der Waals surface area contributed by atoms with Crippen LogP contribution in [0, 0.1) is 0 Å². The van der Waals surface area contributed by atoms with E-state index in [0.29, 0.717) is 12.8 Å². The molecule has 0 rings (SSSR count). The summed E-state index contributed by atoms with van der Waals surface area (Å²) in [7, 11) is 0. The standard InChI is InChI=1S/C72H137NO3/c1-3-5-7-9-11-13-15-17-19-21-23-25-27-29-31-33-35-36-38-40-42-44-46-48-50-52-54-56-58-60-62-64-66-68-72(76)73-70(69-74)71(75)67-65-63-61-59-57-55-53-51-49-47-45-43-41-39-37-34-32-30-28-26-24-22-20-18-16-14-12-10-8-6-4-2/h5,7,11,13,17,19,23,25,70-71,74-75H,3-4,6,8-10,12,14-16,18,20-22,24,26-69H2,1-2H3,(H,73,76)/b7-5-,13-11-,19-17-,25-23-. The van der Waals surface area contributed by atoms with Gasteiger partial charge in [0.05, 0.1) is 18.8 Å². The third-order valence-electron chi connectivity index (χ3n) is 16.4. The molecule has 2 unspecified atom stereocenters. The van der Waals surface area contributed by atoms with Crippen molar-refractivity contribution in [3.8, 4) is 0 Å². The molecule has 0 aromatic heterocycles. The molecule has 4 heteroatoms. The van der Waals surface area contributed by atoms with Crippen LogP contribution in [0.2, 0.25) is 0 Å². The molecule has 2 atom stereocenters. The highest BCUT2D eigenvalue weighted by molar-refractivity contribution is 5.76. The van der Waals surface area contributed by atoms with Gasteiger partial charge in [0.25, 0.3) is 0 Å². The highest BCUT2D eigenvalue weighted by Crippen LogP contribution is 2.19. The molecular weight excluding hydrogens is 927 g/mol. The third kappa shape index (κ3) is 63.2. The Labute approximate surface area is 477 Å². The zero-order chi connectivity index (χ0) is 54.8. The minimum absolute atomic E-state index is 0.0237. The minimum atomic E-state index is -0.661. The van der Waals surface area contributed by atoms with Gasteiger partial charge in [-0.2, -0.15) is 0 Å². The van der Waals surface area contributed by atoms with Gasteiger partial charge in [0, 0.05) is 6.42 Å².